The van der Waals surface area contributed by atoms with Gasteiger partial charge in [-0.2, -0.15) is 0 Å². The highest BCUT2D eigenvalue weighted by molar-refractivity contribution is 5.76. The van der Waals surface area contributed by atoms with E-state index >= 15 is 0 Å². The lowest BCUT2D eigenvalue weighted by atomic mass is 9.80. The number of carbonyl (C=O) groups is 2. The molecule has 19 heavy (non-hydrogen) atoms. The Morgan fingerprint density at radius 2 is 2.00 bits per heavy atom. The number of carbonyl (C=O) groups excluding carboxylic acids is 1. The van der Waals surface area contributed by atoms with Gasteiger partial charge in [0.2, 0.25) is 0 Å². The van der Waals surface area contributed by atoms with E-state index in [2.05, 4.69) is 24.5 Å². The molecule has 0 spiro atoms. The highest BCUT2D eigenvalue weighted by atomic mass is 16.4. The molecule has 1 fully saturated rings. The average Bonchev–Trinajstić information content (AvgIpc) is 2.33. The second kappa shape index (κ2) is 7.36. The van der Waals surface area contributed by atoms with Gasteiger partial charge in [-0.1, -0.05) is 20.8 Å². The minimum atomic E-state index is -0.859. The third kappa shape index (κ3) is 5.09. The van der Waals surface area contributed by atoms with Crippen LogP contribution in [-0.2, 0) is 4.79 Å². The standard InChI is InChI=1S/C14H26N2O3/c1-4-11(13(17)18)8-15-14(19)16-12-6-5-9(2)7-10(12)3/h9-12H,4-8H2,1-3H3,(H,17,18)(H2,15,16,19). The van der Waals surface area contributed by atoms with E-state index in [-0.39, 0.29) is 18.6 Å². The maximum atomic E-state index is 11.8. The number of nitrogens with one attached hydrogen (secondary N) is 2. The molecule has 4 atom stereocenters. The number of carboxylic acid groups (broad SMARTS) is 1. The van der Waals surface area contributed by atoms with Crippen LogP contribution in [0.15, 0.2) is 0 Å². The molecule has 0 heterocycles. The van der Waals surface area contributed by atoms with E-state index in [1.165, 1.54) is 0 Å². The Morgan fingerprint density at radius 1 is 1.32 bits per heavy atom. The molecule has 0 aromatic heterocycles. The topological polar surface area (TPSA) is 78.4 Å². The summed E-state index contributed by atoms with van der Waals surface area (Å²) in [6.45, 7) is 6.40. The van der Waals surface area contributed by atoms with Crippen molar-refractivity contribution >= 4 is 12.0 Å². The lowest BCUT2D eigenvalue weighted by molar-refractivity contribution is -0.141. The third-order valence-corrected chi connectivity index (χ3v) is 4.10. The molecule has 1 aliphatic carbocycles. The van der Waals surface area contributed by atoms with Crippen molar-refractivity contribution in [2.45, 2.75) is 52.5 Å². The van der Waals surface area contributed by atoms with Crippen molar-refractivity contribution < 1.29 is 14.7 Å². The van der Waals surface area contributed by atoms with Crippen LogP contribution in [-0.4, -0.2) is 29.7 Å². The van der Waals surface area contributed by atoms with Gasteiger partial charge in [0.05, 0.1) is 5.92 Å². The Bertz CT molecular complexity index is 320. The van der Waals surface area contributed by atoms with Crippen LogP contribution in [0.5, 0.6) is 0 Å². The summed E-state index contributed by atoms with van der Waals surface area (Å²) in [5.74, 6) is -0.152. The lowest BCUT2D eigenvalue weighted by Crippen LogP contribution is -2.48. The number of rotatable bonds is 5. The molecule has 0 aromatic carbocycles. The number of aliphatic carboxylic acids is 1. The van der Waals surface area contributed by atoms with Crippen LogP contribution in [0.2, 0.25) is 0 Å². The summed E-state index contributed by atoms with van der Waals surface area (Å²) in [6, 6.07) is -0.0350. The van der Waals surface area contributed by atoms with E-state index in [1.807, 2.05) is 6.92 Å². The SMILES string of the molecule is CCC(CNC(=O)NC1CCC(C)CC1C)C(=O)O. The molecular weight excluding hydrogens is 244 g/mol. The predicted octanol–water partition coefficient (Wildman–Crippen LogP) is 2.22. The molecule has 0 aromatic rings. The molecule has 2 amide bonds. The van der Waals surface area contributed by atoms with Crippen molar-refractivity contribution in [3.05, 3.63) is 0 Å². The fourth-order valence-electron chi connectivity index (χ4n) is 2.72. The molecular formula is C14H26N2O3. The number of hydrogen-bond donors (Lipinski definition) is 3. The summed E-state index contributed by atoms with van der Waals surface area (Å²) in [4.78, 5) is 22.6. The Morgan fingerprint density at radius 3 is 2.53 bits per heavy atom. The number of carboxylic acids is 1. The molecule has 0 radical (unpaired) electrons. The zero-order valence-electron chi connectivity index (χ0n) is 12.1. The van der Waals surface area contributed by atoms with Crippen molar-refractivity contribution in [1.29, 1.82) is 0 Å². The van der Waals surface area contributed by atoms with Gasteiger partial charge in [-0.25, -0.2) is 4.79 Å². The highest BCUT2D eigenvalue weighted by Gasteiger charge is 2.26. The molecule has 0 aliphatic heterocycles. The minimum absolute atomic E-state index is 0.190. The van der Waals surface area contributed by atoms with Crippen LogP contribution in [0.1, 0.15) is 46.5 Å². The maximum Gasteiger partial charge on any atom is 0.315 e. The molecule has 1 saturated carbocycles. The van der Waals surface area contributed by atoms with Gasteiger partial charge in [0.15, 0.2) is 0 Å². The van der Waals surface area contributed by atoms with E-state index in [1.54, 1.807) is 0 Å². The number of amides is 2. The van der Waals surface area contributed by atoms with E-state index < -0.39 is 11.9 Å². The minimum Gasteiger partial charge on any atom is -0.481 e. The Kier molecular flexibility index (Phi) is 6.12. The van der Waals surface area contributed by atoms with Gasteiger partial charge in [-0.15, -0.1) is 0 Å². The van der Waals surface area contributed by atoms with E-state index in [4.69, 9.17) is 5.11 Å². The molecule has 5 heteroatoms. The van der Waals surface area contributed by atoms with Gasteiger partial charge in [-0.05, 0) is 37.5 Å². The first kappa shape index (κ1) is 15.8. The largest absolute Gasteiger partial charge is 0.481 e. The molecule has 1 rings (SSSR count). The number of urea groups is 1. The molecule has 4 unspecified atom stereocenters. The van der Waals surface area contributed by atoms with Crippen LogP contribution >= 0.6 is 0 Å². The average molecular weight is 270 g/mol. The van der Waals surface area contributed by atoms with Crippen LogP contribution < -0.4 is 10.6 Å². The van der Waals surface area contributed by atoms with Gasteiger partial charge < -0.3 is 15.7 Å². The summed E-state index contributed by atoms with van der Waals surface area (Å²) in [6.07, 6.45) is 3.80. The van der Waals surface area contributed by atoms with Gasteiger partial charge >= 0.3 is 12.0 Å². The van der Waals surface area contributed by atoms with Crippen molar-refractivity contribution in [3.63, 3.8) is 0 Å². The molecule has 1 aliphatic rings. The third-order valence-electron chi connectivity index (χ3n) is 4.10. The summed E-state index contributed by atoms with van der Waals surface area (Å²) in [7, 11) is 0. The Labute approximate surface area is 115 Å². The van der Waals surface area contributed by atoms with Crippen molar-refractivity contribution in [3.8, 4) is 0 Å². The monoisotopic (exact) mass is 270 g/mol. The predicted molar refractivity (Wildman–Crippen MR) is 73.9 cm³/mol. The Hall–Kier alpha value is -1.26. The van der Waals surface area contributed by atoms with E-state index in [0.29, 0.717) is 12.3 Å². The first-order chi connectivity index (χ1) is 8.93. The smallest absolute Gasteiger partial charge is 0.315 e. The molecule has 110 valence electrons. The molecule has 0 saturated heterocycles. The van der Waals surface area contributed by atoms with Gasteiger partial charge in [0.1, 0.15) is 0 Å². The fraction of sp³-hybridized carbons (Fsp3) is 0.857. The second-order valence-electron chi connectivity index (χ2n) is 5.80. The van der Waals surface area contributed by atoms with Gasteiger partial charge in [-0.3, -0.25) is 4.79 Å². The van der Waals surface area contributed by atoms with Gasteiger partial charge in [0, 0.05) is 12.6 Å². The van der Waals surface area contributed by atoms with Crippen molar-refractivity contribution in [1.82, 2.24) is 10.6 Å². The van der Waals surface area contributed by atoms with E-state index in [0.717, 1.165) is 25.2 Å². The molecule has 5 nitrogen and oxygen atoms in total. The summed E-state index contributed by atoms with van der Waals surface area (Å²) < 4.78 is 0. The normalized spacial score (nSPS) is 28.5. The number of hydrogen-bond acceptors (Lipinski definition) is 2. The van der Waals surface area contributed by atoms with Crippen molar-refractivity contribution in [2.24, 2.45) is 17.8 Å². The fourth-order valence-corrected chi connectivity index (χ4v) is 2.72. The highest BCUT2D eigenvalue weighted by Crippen LogP contribution is 2.28. The summed E-state index contributed by atoms with van der Waals surface area (Å²) >= 11 is 0. The van der Waals surface area contributed by atoms with Crippen molar-refractivity contribution in [2.75, 3.05) is 6.54 Å². The summed E-state index contributed by atoms with van der Waals surface area (Å²) in [5, 5.41) is 14.5. The lowest BCUT2D eigenvalue weighted by Gasteiger charge is -2.33. The summed E-state index contributed by atoms with van der Waals surface area (Å²) in [5.41, 5.74) is 0. The van der Waals surface area contributed by atoms with Gasteiger partial charge in [0.25, 0.3) is 0 Å². The first-order valence-corrected chi connectivity index (χ1v) is 7.21. The van der Waals surface area contributed by atoms with Crippen LogP contribution in [0.25, 0.3) is 0 Å². The Balaban J connectivity index is 2.33. The zero-order valence-corrected chi connectivity index (χ0v) is 12.1. The second-order valence-corrected chi connectivity index (χ2v) is 5.80. The van der Waals surface area contributed by atoms with Crippen LogP contribution in [0.4, 0.5) is 4.79 Å². The first-order valence-electron chi connectivity index (χ1n) is 7.21. The zero-order chi connectivity index (χ0) is 14.4. The quantitative estimate of drug-likeness (QED) is 0.716. The van der Waals surface area contributed by atoms with E-state index in [9.17, 15) is 9.59 Å². The van der Waals surface area contributed by atoms with Crippen LogP contribution in [0.3, 0.4) is 0 Å². The maximum absolute atomic E-state index is 11.8. The van der Waals surface area contributed by atoms with Crippen LogP contribution in [0, 0.1) is 17.8 Å². The molecule has 0 bridgehead atoms. The molecule has 3 N–H and O–H groups in total.